The summed E-state index contributed by atoms with van der Waals surface area (Å²) >= 11 is 2.35. The van der Waals surface area contributed by atoms with Crippen molar-refractivity contribution in [3.63, 3.8) is 0 Å². The number of anilines is 3. The van der Waals surface area contributed by atoms with Crippen molar-refractivity contribution in [3.8, 4) is 33.4 Å². The smallest absolute Gasteiger partial charge is 0.0462 e. The SMILES string of the molecule is Ic1ccc(-c2ccc(N(c3ccc(-c4ccccc4)cc3)c3ccc(-c4ccccc4)cc3)cc2)cc1. The third-order valence-electron chi connectivity index (χ3n) is 6.77. The van der Waals surface area contributed by atoms with Gasteiger partial charge in [-0.25, -0.2) is 0 Å². The summed E-state index contributed by atoms with van der Waals surface area (Å²) in [4.78, 5) is 2.32. The normalized spacial score (nSPS) is 10.8. The zero-order valence-corrected chi connectivity index (χ0v) is 23.0. The Balaban J connectivity index is 1.38. The molecule has 0 unspecified atom stereocenters. The number of halogens is 1. The lowest BCUT2D eigenvalue weighted by atomic mass is 10.0. The molecule has 0 aliphatic carbocycles. The van der Waals surface area contributed by atoms with E-state index in [0.717, 1.165) is 17.1 Å². The van der Waals surface area contributed by atoms with Crippen molar-refractivity contribution < 1.29 is 0 Å². The average molecular weight is 600 g/mol. The molecule has 2 heteroatoms. The van der Waals surface area contributed by atoms with Crippen LogP contribution in [0, 0.1) is 3.57 Å². The van der Waals surface area contributed by atoms with E-state index >= 15 is 0 Å². The minimum absolute atomic E-state index is 1.12. The minimum Gasteiger partial charge on any atom is -0.311 e. The van der Waals surface area contributed by atoms with Crippen LogP contribution in [0.5, 0.6) is 0 Å². The Kier molecular flexibility index (Phi) is 7.05. The molecule has 0 saturated carbocycles. The van der Waals surface area contributed by atoms with Gasteiger partial charge in [-0.15, -0.1) is 0 Å². The standard InChI is InChI=1S/C36H26IN/c37-33-19-11-29(12-20-33)32-17-25-36(26-18-32)38(34-21-13-30(14-22-34)27-7-3-1-4-8-27)35-23-15-31(16-24-35)28-9-5-2-6-10-28/h1-26H. The number of hydrogen-bond acceptors (Lipinski definition) is 1. The maximum Gasteiger partial charge on any atom is 0.0462 e. The summed E-state index contributed by atoms with van der Waals surface area (Å²) in [5.41, 5.74) is 10.7. The van der Waals surface area contributed by atoms with Gasteiger partial charge in [0.15, 0.2) is 0 Å². The van der Waals surface area contributed by atoms with E-state index in [4.69, 9.17) is 0 Å². The molecule has 6 aromatic carbocycles. The fraction of sp³-hybridized carbons (Fsp3) is 0. The van der Waals surface area contributed by atoms with Gasteiger partial charge in [0.05, 0.1) is 0 Å². The van der Waals surface area contributed by atoms with Gasteiger partial charge >= 0.3 is 0 Å². The molecule has 0 N–H and O–H groups in total. The highest BCUT2D eigenvalue weighted by Gasteiger charge is 2.13. The molecule has 0 amide bonds. The lowest BCUT2D eigenvalue weighted by Gasteiger charge is -2.26. The van der Waals surface area contributed by atoms with Crippen molar-refractivity contribution in [2.75, 3.05) is 4.90 Å². The van der Waals surface area contributed by atoms with E-state index < -0.39 is 0 Å². The average Bonchev–Trinajstić information content (AvgIpc) is 3.00. The number of hydrogen-bond donors (Lipinski definition) is 0. The monoisotopic (exact) mass is 599 g/mol. The summed E-state index contributed by atoms with van der Waals surface area (Å²) in [6, 6.07) is 56.2. The molecular formula is C36H26IN. The van der Waals surface area contributed by atoms with Crippen molar-refractivity contribution >= 4 is 39.7 Å². The second-order valence-corrected chi connectivity index (χ2v) is 10.5. The molecule has 0 spiro atoms. The van der Waals surface area contributed by atoms with Crippen LogP contribution in [0.15, 0.2) is 158 Å². The van der Waals surface area contributed by atoms with Crippen molar-refractivity contribution in [1.29, 1.82) is 0 Å². The Bertz CT molecular complexity index is 1520. The second kappa shape index (κ2) is 11.1. The zero-order valence-electron chi connectivity index (χ0n) is 20.8. The maximum absolute atomic E-state index is 2.35. The zero-order chi connectivity index (χ0) is 25.7. The van der Waals surface area contributed by atoms with Gasteiger partial charge < -0.3 is 4.90 Å². The van der Waals surface area contributed by atoms with Gasteiger partial charge in [0.25, 0.3) is 0 Å². The van der Waals surface area contributed by atoms with E-state index in [9.17, 15) is 0 Å². The minimum atomic E-state index is 1.12. The number of nitrogens with zero attached hydrogens (tertiary/aromatic N) is 1. The molecule has 0 fully saturated rings. The first-order valence-corrected chi connectivity index (χ1v) is 13.8. The van der Waals surface area contributed by atoms with E-state index in [1.165, 1.54) is 37.0 Å². The summed E-state index contributed by atoms with van der Waals surface area (Å²) in [5.74, 6) is 0. The number of rotatable bonds is 6. The molecule has 0 aliphatic rings. The van der Waals surface area contributed by atoms with Gasteiger partial charge in [-0.1, -0.05) is 109 Å². The van der Waals surface area contributed by atoms with E-state index in [1.807, 2.05) is 0 Å². The summed E-state index contributed by atoms with van der Waals surface area (Å²) in [6.07, 6.45) is 0. The molecule has 182 valence electrons. The first-order valence-electron chi connectivity index (χ1n) is 12.7. The molecule has 0 radical (unpaired) electrons. The highest BCUT2D eigenvalue weighted by atomic mass is 127. The van der Waals surface area contributed by atoms with Gasteiger partial charge in [0.1, 0.15) is 0 Å². The van der Waals surface area contributed by atoms with Crippen LogP contribution in [0.2, 0.25) is 0 Å². The third kappa shape index (κ3) is 5.27. The Morgan fingerprint density at radius 2 is 0.553 bits per heavy atom. The largest absolute Gasteiger partial charge is 0.311 e. The predicted octanol–water partition coefficient (Wildman–Crippen LogP) is 10.8. The van der Waals surface area contributed by atoms with Crippen LogP contribution in [0.25, 0.3) is 33.4 Å². The molecule has 0 atom stereocenters. The summed E-state index contributed by atoms with van der Waals surface area (Å²) in [7, 11) is 0. The van der Waals surface area contributed by atoms with Crippen LogP contribution >= 0.6 is 22.6 Å². The van der Waals surface area contributed by atoms with Crippen molar-refractivity contribution in [1.82, 2.24) is 0 Å². The summed E-state index contributed by atoms with van der Waals surface area (Å²) in [6.45, 7) is 0. The molecule has 1 nitrogen and oxygen atoms in total. The molecule has 0 saturated heterocycles. The van der Waals surface area contributed by atoms with Crippen molar-refractivity contribution in [2.45, 2.75) is 0 Å². The first kappa shape index (κ1) is 24.2. The summed E-state index contributed by atoms with van der Waals surface area (Å²) in [5, 5.41) is 0. The third-order valence-corrected chi connectivity index (χ3v) is 7.49. The highest BCUT2D eigenvalue weighted by Crippen LogP contribution is 2.37. The van der Waals surface area contributed by atoms with Gasteiger partial charge in [-0.2, -0.15) is 0 Å². The molecule has 0 bridgehead atoms. The Hall–Kier alpha value is -4.15. The molecule has 6 rings (SSSR count). The van der Waals surface area contributed by atoms with Crippen molar-refractivity contribution in [3.05, 3.63) is 161 Å². The van der Waals surface area contributed by atoms with E-state index in [1.54, 1.807) is 0 Å². The molecule has 0 aliphatic heterocycles. The van der Waals surface area contributed by atoms with Crippen LogP contribution in [-0.4, -0.2) is 0 Å². The van der Waals surface area contributed by atoms with Gasteiger partial charge in [-0.3, -0.25) is 0 Å². The van der Waals surface area contributed by atoms with Crippen LogP contribution in [-0.2, 0) is 0 Å². The first-order chi connectivity index (χ1) is 18.7. The predicted molar refractivity (Wildman–Crippen MR) is 170 cm³/mol. The molecule has 0 aromatic heterocycles. The molecular weight excluding hydrogens is 573 g/mol. The molecule has 6 aromatic rings. The molecule has 0 heterocycles. The summed E-state index contributed by atoms with van der Waals surface area (Å²) < 4.78 is 1.24. The van der Waals surface area contributed by atoms with Crippen LogP contribution in [0.3, 0.4) is 0 Å². The molecule has 38 heavy (non-hydrogen) atoms. The van der Waals surface area contributed by atoms with Crippen LogP contribution in [0.1, 0.15) is 0 Å². The maximum atomic E-state index is 2.35. The lowest BCUT2D eigenvalue weighted by molar-refractivity contribution is 1.28. The highest BCUT2D eigenvalue weighted by molar-refractivity contribution is 14.1. The fourth-order valence-electron chi connectivity index (χ4n) is 4.76. The lowest BCUT2D eigenvalue weighted by Crippen LogP contribution is -2.09. The fourth-order valence-corrected chi connectivity index (χ4v) is 5.12. The van der Waals surface area contributed by atoms with E-state index in [-0.39, 0.29) is 0 Å². The van der Waals surface area contributed by atoms with Gasteiger partial charge in [0.2, 0.25) is 0 Å². The number of benzene rings is 6. The second-order valence-electron chi connectivity index (χ2n) is 9.21. The van der Waals surface area contributed by atoms with E-state index in [2.05, 4.69) is 185 Å². The Labute approximate surface area is 238 Å². The Morgan fingerprint density at radius 1 is 0.289 bits per heavy atom. The van der Waals surface area contributed by atoms with Crippen molar-refractivity contribution in [2.24, 2.45) is 0 Å². The van der Waals surface area contributed by atoms with Crippen LogP contribution in [0.4, 0.5) is 17.1 Å². The Morgan fingerprint density at radius 3 is 0.868 bits per heavy atom. The van der Waals surface area contributed by atoms with Gasteiger partial charge in [-0.05, 0) is 105 Å². The topological polar surface area (TPSA) is 3.24 Å². The van der Waals surface area contributed by atoms with Crippen LogP contribution < -0.4 is 4.90 Å². The quantitative estimate of drug-likeness (QED) is 0.172. The van der Waals surface area contributed by atoms with Gasteiger partial charge in [0, 0.05) is 20.6 Å². The van der Waals surface area contributed by atoms with E-state index in [0.29, 0.717) is 0 Å².